The van der Waals surface area contributed by atoms with E-state index in [1.54, 1.807) is 0 Å². The summed E-state index contributed by atoms with van der Waals surface area (Å²) in [6, 6.07) is 16.7. The predicted octanol–water partition coefficient (Wildman–Crippen LogP) is 5.63. The van der Waals surface area contributed by atoms with Gasteiger partial charge in [0.1, 0.15) is 0 Å². The second-order valence-electron chi connectivity index (χ2n) is 5.64. The van der Waals surface area contributed by atoms with Crippen LogP contribution in [-0.2, 0) is 0 Å². The molecule has 0 aliphatic carbocycles. The number of aromatic amines is 2. The Morgan fingerprint density at radius 1 is 0.870 bits per heavy atom. The molecule has 2 N–H and O–H groups in total. The van der Waals surface area contributed by atoms with Gasteiger partial charge in [0.2, 0.25) is 0 Å². The van der Waals surface area contributed by atoms with Gasteiger partial charge in [-0.1, -0.05) is 40.2 Å². The molecular formula is C19H12BrN3. The minimum Gasteiger partial charge on any atom is -0.360 e. The molecule has 0 fully saturated rings. The standard InChI is InChI=1S/C19H12BrN3/c20-11-5-6-13-14-7-8-21-18(14)19(23-17(13)9-11)15-10-22-16-4-2-1-3-12(15)16/h1-10,21-22H. The normalized spacial score (nSPS) is 11.7. The molecule has 0 unspecified atom stereocenters. The molecule has 5 aromatic rings. The minimum absolute atomic E-state index is 0.980. The molecule has 2 aromatic carbocycles. The number of pyridine rings is 1. The number of halogens is 1. The fourth-order valence-electron chi connectivity index (χ4n) is 3.25. The van der Waals surface area contributed by atoms with E-state index in [1.807, 2.05) is 18.5 Å². The van der Waals surface area contributed by atoms with Crippen LogP contribution in [0.3, 0.4) is 0 Å². The maximum atomic E-state index is 4.95. The Labute approximate surface area is 140 Å². The van der Waals surface area contributed by atoms with E-state index in [9.17, 15) is 0 Å². The van der Waals surface area contributed by atoms with Crippen molar-refractivity contribution in [2.24, 2.45) is 0 Å². The van der Waals surface area contributed by atoms with Crippen molar-refractivity contribution in [3.05, 3.63) is 65.4 Å². The first kappa shape index (κ1) is 12.9. The third kappa shape index (κ3) is 1.85. The van der Waals surface area contributed by atoms with E-state index < -0.39 is 0 Å². The van der Waals surface area contributed by atoms with Gasteiger partial charge in [0.15, 0.2) is 0 Å². The summed E-state index contributed by atoms with van der Waals surface area (Å²) in [4.78, 5) is 11.6. The molecule has 3 aromatic heterocycles. The quantitative estimate of drug-likeness (QED) is 0.399. The zero-order valence-electron chi connectivity index (χ0n) is 12.1. The molecule has 3 heterocycles. The lowest BCUT2D eigenvalue weighted by molar-refractivity contribution is 1.38. The van der Waals surface area contributed by atoms with E-state index in [2.05, 4.69) is 68.4 Å². The molecule has 0 amide bonds. The van der Waals surface area contributed by atoms with Gasteiger partial charge in [-0.15, -0.1) is 0 Å². The van der Waals surface area contributed by atoms with Gasteiger partial charge >= 0.3 is 0 Å². The molecule has 0 radical (unpaired) electrons. The van der Waals surface area contributed by atoms with Crippen molar-refractivity contribution in [2.75, 3.05) is 0 Å². The third-order valence-corrected chi connectivity index (χ3v) is 4.80. The second kappa shape index (κ2) is 4.70. The van der Waals surface area contributed by atoms with E-state index in [-0.39, 0.29) is 0 Å². The van der Waals surface area contributed by atoms with Gasteiger partial charge in [-0.05, 0) is 24.3 Å². The summed E-state index contributed by atoms with van der Waals surface area (Å²) in [5.41, 5.74) is 5.29. The van der Waals surface area contributed by atoms with Gasteiger partial charge in [0.05, 0.1) is 16.7 Å². The van der Waals surface area contributed by atoms with Crippen LogP contribution in [0, 0.1) is 0 Å². The molecule has 0 saturated carbocycles. The molecule has 4 heteroatoms. The Kier molecular flexibility index (Phi) is 2.64. The lowest BCUT2D eigenvalue weighted by atomic mass is 10.0. The number of aromatic nitrogens is 3. The number of nitrogens with one attached hydrogen (secondary N) is 2. The van der Waals surface area contributed by atoms with Crippen molar-refractivity contribution < 1.29 is 0 Å². The van der Waals surface area contributed by atoms with Crippen molar-refractivity contribution in [2.45, 2.75) is 0 Å². The van der Waals surface area contributed by atoms with Crippen LogP contribution in [0.2, 0.25) is 0 Å². The number of rotatable bonds is 1. The highest BCUT2D eigenvalue weighted by atomic mass is 79.9. The topological polar surface area (TPSA) is 44.5 Å². The van der Waals surface area contributed by atoms with Gasteiger partial charge in [-0.2, -0.15) is 0 Å². The van der Waals surface area contributed by atoms with Gasteiger partial charge in [0.25, 0.3) is 0 Å². The lowest BCUT2D eigenvalue weighted by Crippen LogP contribution is -1.88. The summed E-state index contributed by atoms with van der Waals surface area (Å²) in [6.45, 7) is 0. The van der Waals surface area contributed by atoms with Crippen LogP contribution in [0.4, 0.5) is 0 Å². The first-order valence-electron chi connectivity index (χ1n) is 7.44. The Morgan fingerprint density at radius 3 is 2.74 bits per heavy atom. The van der Waals surface area contributed by atoms with Crippen LogP contribution in [0.25, 0.3) is 44.0 Å². The number of para-hydroxylation sites is 1. The largest absolute Gasteiger partial charge is 0.360 e. The van der Waals surface area contributed by atoms with Gasteiger partial charge in [0, 0.05) is 44.1 Å². The molecule has 0 bridgehead atoms. The molecule has 23 heavy (non-hydrogen) atoms. The number of nitrogens with zero attached hydrogens (tertiary/aromatic N) is 1. The Morgan fingerprint density at radius 2 is 1.78 bits per heavy atom. The molecule has 0 aliphatic heterocycles. The van der Waals surface area contributed by atoms with Crippen LogP contribution in [0.5, 0.6) is 0 Å². The molecule has 0 saturated heterocycles. The maximum absolute atomic E-state index is 4.95. The van der Waals surface area contributed by atoms with E-state index in [0.717, 1.165) is 37.7 Å². The van der Waals surface area contributed by atoms with E-state index in [4.69, 9.17) is 4.98 Å². The predicted molar refractivity (Wildman–Crippen MR) is 98.6 cm³/mol. The molecule has 0 spiro atoms. The van der Waals surface area contributed by atoms with Crippen LogP contribution >= 0.6 is 15.9 Å². The summed E-state index contributed by atoms with van der Waals surface area (Å²) in [7, 11) is 0. The van der Waals surface area contributed by atoms with Gasteiger partial charge < -0.3 is 9.97 Å². The van der Waals surface area contributed by atoms with E-state index in [1.165, 1.54) is 10.8 Å². The number of hydrogen-bond acceptors (Lipinski definition) is 1. The summed E-state index contributed by atoms with van der Waals surface area (Å²) in [5.74, 6) is 0. The lowest BCUT2D eigenvalue weighted by Gasteiger charge is -2.06. The average Bonchev–Trinajstić information content (AvgIpc) is 3.21. The number of benzene rings is 2. The third-order valence-electron chi connectivity index (χ3n) is 4.31. The zero-order valence-corrected chi connectivity index (χ0v) is 13.7. The van der Waals surface area contributed by atoms with Crippen molar-refractivity contribution in [3.8, 4) is 11.3 Å². The molecule has 3 nitrogen and oxygen atoms in total. The van der Waals surface area contributed by atoms with Crippen LogP contribution in [0.1, 0.15) is 0 Å². The van der Waals surface area contributed by atoms with E-state index >= 15 is 0 Å². The Hall–Kier alpha value is -2.59. The highest BCUT2D eigenvalue weighted by molar-refractivity contribution is 9.10. The van der Waals surface area contributed by atoms with Crippen molar-refractivity contribution in [1.82, 2.24) is 15.0 Å². The summed E-state index contributed by atoms with van der Waals surface area (Å²) >= 11 is 3.55. The smallest absolute Gasteiger partial charge is 0.0971 e. The van der Waals surface area contributed by atoms with Crippen LogP contribution < -0.4 is 0 Å². The highest BCUT2D eigenvalue weighted by Gasteiger charge is 2.14. The van der Waals surface area contributed by atoms with Crippen molar-refractivity contribution in [3.63, 3.8) is 0 Å². The summed E-state index contributed by atoms with van der Waals surface area (Å²) < 4.78 is 1.04. The molecule has 110 valence electrons. The van der Waals surface area contributed by atoms with Gasteiger partial charge in [-0.3, -0.25) is 0 Å². The first-order valence-corrected chi connectivity index (χ1v) is 8.23. The molecule has 0 aliphatic rings. The van der Waals surface area contributed by atoms with Crippen LogP contribution in [0.15, 0.2) is 65.4 Å². The fraction of sp³-hybridized carbons (Fsp3) is 0. The SMILES string of the molecule is Brc1ccc2c(c1)nc(-c1c[nH]c3ccccc13)c1[nH]ccc12. The molecule has 0 atom stereocenters. The highest BCUT2D eigenvalue weighted by Crippen LogP contribution is 2.35. The summed E-state index contributed by atoms with van der Waals surface area (Å²) in [6.07, 6.45) is 4.02. The van der Waals surface area contributed by atoms with Crippen molar-refractivity contribution >= 4 is 48.6 Å². The Balaban J connectivity index is 1.94. The Bertz CT molecular complexity index is 1180. The average molecular weight is 362 g/mol. The van der Waals surface area contributed by atoms with E-state index in [0.29, 0.717) is 0 Å². The second-order valence-corrected chi connectivity index (χ2v) is 6.55. The summed E-state index contributed by atoms with van der Waals surface area (Å²) in [5, 5.41) is 3.54. The number of H-pyrrole nitrogens is 2. The number of hydrogen-bond donors (Lipinski definition) is 2. The van der Waals surface area contributed by atoms with Gasteiger partial charge in [-0.25, -0.2) is 4.98 Å². The maximum Gasteiger partial charge on any atom is 0.0971 e. The van der Waals surface area contributed by atoms with Crippen molar-refractivity contribution in [1.29, 1.82) is 0 Å². The fourth-order valence-corrected chi connectivity index (χ4v) is 3.60. The monoisotopic (exact) mass is 361 g/mol. The van der Waals surface area contributed by atoms with Crippen LogP contribution in [-0.4, -0.2) is 15.0 Å². The molecular weight excluding hydrogens is 350 g/mol. The number of fused-ring (bicyclic) bond motifs is 4. The minimum atomic E-state index is 0.980. The first-order chi connectivity index (χ1) is 11.3. The molecule has 5 rings (SSSR count). The zero-order chi connectivity index (χ0) is 15.4.